The summed E-state index contributed by atoms with van der Waals surface area (Å²) in [4.78, 5) is 1.22. The third kappa shape index (κ3) is 6.78. The van der Waals surface area contributed by atoms with Gasteiger partial charge in [-0.25, -0.2) is 8.42 Å². The molecular formula is C11H19NO3S2. The van der Waals surface area contributed by atoms with Crippen LogP contribution >= 0.6 is 11.3 Å². The van der Waals surface area contributed by atoms with Gasteiger partial charge in [-0.3, -0.25) is 0 Å². The normalized spacial score (nSPS) is 11.8. The lowest BCUT2D eigenvalue weighted by Gasteiger charge is -2.05. The van der Waals surface area contributed by atoms with E-state index in [1.165, 1.54) is 4.88 Å². The first-order chi connectivity index (χ1) is 8.14. The standard InChI is InChI=1S/C11H19NO3S2/c1-15-6-3-8-17(13,14)9-5-12-10-11-4-2-7-16-11/h2,4,7,12H,3,5-6,8-10H2,1H3. The maximum absolute atomic E-state index is 11.6. The third-order valence-electron chi connectivity index (χ3n) is 2.27. The molecule has 0 radical (unpaired) electrons. The summed E-state index contributed by atoms with van der Waals surface area (Å²) >= 11 is 1.67. The maximum Gasteiger partial charge on any atom is 0.151 e. The van der Waals surface area contributed by atoms with E-state index in [-0.39, 0.29) is 11.5 Å². The van der Waals surface area contributed by atoms with E-state index in [2.05, 4.69) is 5.32 Å². The first-order valence-corrected chi connectivity index (χ1v) is 8.26. The third-order valence-corrected chi connectivity index (χ3v) is 4.89. The van der Waals surface area contributed by atoms with Crippen molar-refractivity contribution in [2.75, 3.05) is 31.8 Å². The highest BCUT2D eigenvalue weighted by Gasteiger charge is 2.09. The Kier molecular flexibility index (Phi) is 6.72. The minimum absolute atomic E-state index is 0.197. The fraction of sp³-hybridized carbons (Fsp3) is 0.636. The van der Waals surface area contributed by atoms with E-state index in [0.717, 1.165) is 6.54 Å². The topological polar surface area (TPSA) is 55.4 Å². The number of hydrogen-bond donors (Lipinski definition) is 1. The molecule has 0 aliphatic heterocycles. The number of thiophene rings is 1. The molecule has 0 amide bonds. The molecular weight excluding hydrogens is 258 g/mol. The highest BCUT2D eigenvalue weighted by molar-refractivity contribution is 7.91. The molecule has 0 fully saturated rings. The number of rotatable bonds is 9. The van der Waals surface area contributed by atoms with Crippen LogP contribution in [0.4, 0.5) is 0 Å². The zero-order chi connectivity index (χ0) is 12.6. The molecule has 0 aromatic carbocycles. The van der Waals surface area contributed by atoms with Crippen molar-refractivity contribution in [1.29, 1.82) is 0 Å². The number of nitrogens with one attached hydrogen (secondary N) is 1. The Morgan fingerprint density at radius 1 is 1.41 bits per heavy atom. The molecule has 0 saturated heterocycles. The monoisotopic (exact) mass is 277 g/mol. The summed E-state index contributed by atoms with van der Waals surface area (Å²) in [7, 11) is -1.36. The van der Waals surface area contributed by atoms with Crippen LogP contribution in [0.25, 0.3) is 0 Å². The van der Waals surface area contributed by atoms with E-state index in [1.54, 1.807) is 18.4 Å². The van der Waals surface area contributed by atoms with Crippen LogP contribution < -0.4 is 5.32 Å². The van der Waals surface area contributed by atoms with Gasteiger partial charge in [0.25, 0.3) is 0 Å². The average molecular weight is 277 g/mol. The Bertz CT molecular complexity index is 387. The molecule has 98 valence electrons. The van der Waals surface area contributed by atoms with Gasteiger partial charge in [0.1, 0.15) is 0 Å². The van der Waals surface area contributed by atoms with Crippen LogP contribution in [0.2, 0.25) is 0 Å². The smallest absolute Gasteiger partial charge is 0.151 e. The molecule has 0 bridgehead atoms. The number of sulfone groups is 1. The molecule has 4 nitrogen and oxygen atoms in total. The molecule has 0 unspecified atom stereocenters. The SMILES string of the molecule is COCCCS(=O)(=O)CCNCc1cccs1. The van der Waals surface area contributed by atoms with Crippen LogP contribution in [0, 0.1) is 0 Å². The van der Waals surface area contributed by atoms with Gasteiger partial charge in [0.05, 0.1) is 11.5 Å². The van der Waals surface area contributed by atoms with Crippen LogP contribution in [0.3, 0.4) is 0 Å². The molecule has 0 aliphatic rings. The second kappa shape index (κ2) is 7.81. The van der Waals surface area contributed by atoms with Crippen LogP contribution in [0.1, 0.15) is 11.3 Å². The Morgan fingerprint density at radius 3 is 2.88 bits per heavy atom. The molecule has 0 saturated carbocycles. The summed E-state index contributed by atoms with van der Waals surface area (Å²) in [6, 6.07) is 4.02. The van der Waals surface area contributed by atoms with E-state index in [1.807, 2.05) is 17.5 Å². The Labute approximate surface area is 107 Å². The summed E-state index contributed by atoms with van der Waals surface area (Å²) in [5.74, 6) is 0.406. The van der Waals surface area contributed by atoms with Gasteiger partial charge >= 0.3 is 0 Å². The average Bonchev–Trinajstić information content (AvgIpc) is 2.77. The van der Waals surface area contributed by atoms with E-state index >= 15 is 0 Å². The fourth-order valence-corrected chi connectivity index (χ4v) is 3.27. The molecule has 1 N–H and O–H groups in total. The molecule has 1 rings (SSSR count). The summed E-state index contributed by atoms with van der Waals surface area (Å²) in [5.41, 5.74) is 0. The van der Waals surface area contributed by atoms with Gasteiger partial charge in [-0.05, 0) is 17.9 Å². The van der Waals surface area contributed by atoms with E-state index in [4.69, 9.17) is 4.74 Å². The molecule has 1 heterocycles. The molecule has 0 atom stereocenters. The lowest BCUT2D eigenvalue weighted by molar-refractivity contribution is 0.199. The van der Waals surface area contributed by atoms with E-state index < -0.39 is 9.84 Å². The zero-order valence-electron chi connectivity index (χ0n) is 10.0. The number of methoxy groups -OCH3 is 1. The van der Waals surface area contributed by atoms with Gasteiger partial charge < -0.3 is 10.1 Å². The van der Waals surface area contributed by atoms with Crippen molar-refractivity contribution in [2.24, 2.45) is 0 Å². The van der Waals surface area contributed by atoms with Crippen LogP contribution in [0.15, 0.2) is 17.5 Å². The van der Waals surface area contributed by atoms with Crippen molar-refractivity contribution < 1.29 is 13.2 Å². The van der Waals surface area contributed by atoms with Crippen LogP contribution in [-0.2, 0) is 21.1 Å². The van der Waals surface area contributed by atoms with Crippen molar-refractivity contribution in [3.8, 4) is 0 Å². The molecule has 1 aromatic heterocycles. The van der Waals surface area contributed by atoms with E-state index in [9.17, 15) is 8.42 Å². The van der Waals surface area contributed by atoms with Crippen molar-refractivity contribution in [3.63, 3.8) is 0 Å². The molecule has 0 aliphatic carbocycles. The second-order valence-corrected chi connectivity index (χ2v) is 7.09. The van der Waals surface area contributed by atoms with Gasteiger partial charge in [0.15, 0.2) is 9.84 Å². The molecule has 6 heteroatoms. The Morgan fingerprint density at radius 2 is 2.24 bits per heavy atom. The lowest BCUT2D eigenvalue weighted by Crippen LogP contribution is -2.24. The zero-order valence-corrected chi connectivity index (χ0v) is 11.6. The van der Waals surface area contributed by atoms with Gasteiger partial charge in [0, 0.05) is 31.7 Å². The second-order valence-electron chi connectivity index (χ2n) is 3.75. The van der Waals surface area contributed by atoms with Crippen LogP contribution in [-0.4, -0.2) is 40.2 Å². The predicted octanol–water partition coefficient (Wildman–Crippen LogP) is 1.29. The number of hydrogen-bond acceptors (Lipinski definition) is 5. The molecule has 0 spiro atoms. The van der Waals surface area contributed by atoms with Gasteiger partial charge in [-0.1, -0.05) is 6.07 Å². The summed E-state index contributed by atoms with van der Waals surface area (Å²) < 4.78 is 28.0. The van der Waals surface area contributed by atoms with Crippen molar-refractivity contribution in [2.45, 2.75) is 13.0 Å². The minimum atomic E-state index is -2.93. The highest BCUT2D eigenvalue weighted by atomic mass is 32.2. The largest absolute Gasteiger partial charge is 0.385 e. The first kappa shape index (κ1) is 14.6. The quantitative estimate of drug-likeness (QED) is 0.691. The van der Waals surface area contributed by atoms with Crippen molar-refractivity contribution in [3.05, 3.63) is 22.4 Å². The van der Waals surface area contributed by atoms with Crippen molar-refractivity contribution in [1.82, 2.24) is 5.32 Å². The fourth-order valence-electron chi connectivity index (χ4n) is 1.38. The van der Waals surface area contributed by atoms with Gasteiger partial charge in [0.2, 0.25) is 0 Å². The Hall–Kier alpha value is -0.430. The van der Waals surface area contributed by atoms with Gasteiger partial charge in [-0.2, -0.15) is 0 Å². The van der Waals surface area contributed by atoms with Crippen molar-refractivity contribution >= 4 is 21.2 Å². The summed E-state index contributed by atoms with van der Waals surface area (Å²) in [6.45, 7) is 1.75. The summed E-state index contributed by atoms with van der Waals surface area (Å²) in [5, 5.41) is 5.15. The summed E-state index contributed by atoms with van der Waals surface area (Å²) in [6.07, 6.45) is 0.573. The Balaban J connectivity index is 2.12. The highest BCUT2D eigenvalue weighted by Crippen LogP contribution is 2.07. The van der Waals surface area contributed by atoms with E-state index in [0.29, 0.717) is 19.6 Å². The van der Waals surface area contributed by atoms with Gasteiger partial charge in [-0.15, -0.1) is 11.3 Å². The maximum atomic E-state index is 11.6. The minimum Gasteiger partial charge on any atom is -0.385 e. The van der Waals surface area contributed by atoms with Crippen LogP contribution in [0.5, 0.6) is 0 Å². The first-order valence-electron chi connectivity index (χ1n) is 5.56. The lowest BCUT2D eigenvalue weighted by atomic mass is 10.4. The number of ether oxygens (including phenoxy) is 1. The molecule has 1 aromatic rings. The predicted molar refractivity (Wildman–Crippen MR) is 71.2 cm³/mol. The molecule has 17 heavy (non-hydrogen) atoms.